The van der Waals surface area contributed by atoms with Gasteiger partial charge in [-0.25, -0.2) is 4.79 Å². The summed E-state index contributed by atoms with van der Waals surface area (Å²) in [6.07, 6.45) is -0.212. The van der Waals surface area contributed by atoms with Crippen molar-refractivity contribution in [2.45, 2.75) is 32.1 Å². The zero-order chi connectivity index (χ0) is 14.0. The molecule has 6 heteroatoms. The topological polar surface area (TPSA) is 70.0 Å². The molecular weight excluding hydrogens is 266 g/mol. The molecule has 2 heterocycles. The van der Waals surface area contributed by atoms with Crippen LogP contribution in [-0.4, -0.2) is 52.5 Å². The monoisotopic (exact) mass is 285 g/mol. The number of carbonyl (C=O) groups is 1. The van der Waals surface area contributed by atoms with Gasteiger partial charge in [-0.2, -0.15) is 0 Å². The van der Waals surface area contributed by atoms with Crippen molar-refractivity contribution in [2.75, 3.05) is 19.7 Å². The second-order valence-electron chi connectivity index (χ2n) is 5.43. The van der Waals surface area contributed by atoms with Gasteiger partial charge < -0.3 is 14.9 Å². The molecule has 0 radical (unpaired) electrons. The molecule has 0 aliphatic carbocycles. The standard InChI is InChI=1S/C13H19NO4S/c1-13(2)8-14(6-10(7-15)18-13)5-9-3-4-19-11(9)12(16)17/h3-4,10,15H,5-8H2,1-2H3,(H,16,17). The van der Waals surface area contributed by atoms with Crippen LogP contribution in [-0.2, 0) is 11.3 Å². The minimum atomic E-state index is -0.878. The first kappa shape index (κ1) is 14.5. The molecule has 0 saturated carbocycles. The number of ether oxygens (including phenoxy) is 1. The van der Waals surface area contributed by atoms with Gasteiger partial charge >= 0.3 is 5.97 Å². The lowest BCUT2D eigenvalue weighted by molar-refractivity contribution is -0.150. The van der Waals surface area contributed by atoms with E-state index in [4.69, 9.17) is 9.84 Å². The van der Waals surface area contributed by atoms with Crippen molar-refractivity contribution in [1.29, 1.82) is 0 Å². The first-order valence-corrected chi connectivity index (χ1v) is 7.10. The number of carboxylic acids is 1. The van der Waals surface area contributed by atoms with Crippen LogP contribution in [0.1, 0.15) is 29.1 Å². The largest absolute Gasteiger partial charge is 0.477 e. The first-order chi connectivity index (χ1) is 8.91. The third-order valence-corrected chi connectivity index (χ3v) is 4.04. The molecule has 1 aromatic heterocycles. The molecule has 2 N–H and O–H groups in total. The highest BCUT2D eigenvalue weighted by molar-refractivity contribution is 7.12. The number of carboxylic acid groups (broad SMARTS) is 1. The Bertz CT molecular complexity index is 457. The van der Waals surface area contributed by atoms with E-state index in [1.54, 1.807) is 5.38 Å². The lowest BCUT2D eigenvalue weighted by Gasteiger charge is -2.42. The van der Waals surface area contributed by atoms with Gasteiger partial charge in [-0.3, -0.25) is 4.90 Å². The van der Waals surface area contributed by atoms with Crippen LogP contribution in [0.5, 0.6) is 0 Å². The zero-order valence-electron chi connectivity index (χ0n) is 11.1. The van der Waals surface area contributed by atoms with Crippen molar-refractivity contribution in [3.8, 4) is 0 Å². The third-order valence-electron chi connectivity index (χ3n) is 3.09. The van der Waals surface area contributed by atoms with Gasteiger partial charge in [0.2, 0.25) is 0 Å². The predicted octanol–water partition coefficient (Wildman–Crippen LogP) is 1.42. The van der Waals surface area contributed by atoms with Gasteiger partial charge in [-0.05, 0) is 30.9 Å². The Hall–Kier alpha value is -0.950. The first-order valence-electron chi connectivity index (χ1n) is 6.22. The van der Waals surface area contributed by atoms with E-state index >= 15 is 0 Å². The molecule has 2 rings (SSSR count). The molecule has 0 aromatic carbocycles. The van der Waals surface area contributed by atoms with Crippen molar-refractivity contribution in [3.63, 3.8) is 0 Å². The Morgan fingerprint density at radius 2 is 2.37 bits per heavy atom. The molecule has 0 amide bonds. The SMILES string of the molecule is CC1(C)CN(Cc2ccsc2C(=O)O)CC(CO)O1. The van der Waals surface area contributed by atoms with Crippen LogP contribution < -0.4 is 0 Å². The highest BCUT2D eigenvalue weighted by Crippen LogP contribution is 2.25. The number of aliphatic hydroxyl groups excluding tert-OH is 1. The molecule has 1 aromatic rings. The predicted molar refractivity (Wildman–Crippen MR) is 72.6 cm³/mol. The number of morpholine rings is 1. The Morgan fingerprint density at radius 3 is 3.00 bits per heavy atom. The molecule has 0 spiro atoms. The summed E-state index contributed by atoms with van der Waals surface area (Å²) < 4.78 is 5.74. The maximum atomic E-state index is 11.1. The van der Waals surface area contributed by atoms with Crippen LogP contribution in [0, 0.1) is 0 Å². The lowest BCUT2D eigenvalue weighted by Crippen LogP contribution is -2.53. The van der Waals surface area contributed by atoms with Crippen LogP contribution in [0.2, 0.25) is 0 Å². The molecule has 1 aliphatic heterocycles. The van der Waals surface area contributed by atoms with E-state index in [0.717, 1.165) is 12.1 Å². The highest BCUT2D eigenvalue weighted by Gasteiger charge is 2.33. The number of rotatable bonds is 4. The molecule has 1 aliphatic rings. The summed E-state index contributed by atoms with van der Waals surface area (Å²) >= 11 is 1.25. The summed E-state index contributed by atoms with van der Waals surface area (Å²) in [6.45, 7) is 5.86. The smallest absolute Gasteiger partial charge is 0.346 e. The van der Waals surface area contributed by atoms with E-state index in [1.165, 1.54) is 11.3 Å². The fourth-order valence-corrected chi connectivity index (χ4v) is 3.27. The molecule has 1 saturated heterocycles. The summed E-state index contributed by atoms with van der Waals surface area (Å²) in [4.78, 5) is 13.6. The van der Waals surface area contributed by atoms with Crippen molar-refractivity contribution >= 4 is 17.3 Å². The van der Waals surface area contributed by atoms with E-state index in [2.05, 4.69) is 4.90 Å². The maximum Gasteiger partial charge on any atom is 0.346 e. The van der Waals surface area contributed by atoms with Crippen LogP contribution in [0.3, 0.4) is 0 Å². The van der Waals surface area contributed by atoms with Crippen LogP contribution >= 0.6 is 11.3 Å². The van der Waals surface area contributed by atoms with E-state index in [-0.39, 0.29) is 18.3 Å². The summed E-state index contributed by atoms with van der Waals surface area (Å²) in [5, 5.41) is 20.2. The summed E-state index contributed by atoms with van der Waals surface area (Å²) in [5.41, 5.74) is 0.498. The average molecular weight is 285 g/mol. The molecule has 1 unspecified atom stereocenters. The number of aliphatic hydroxyl groups is 1. The molecule has 0 bridgehead atoms. The van der Waals surface area contributed by atoms with Gasteiger partial charge in [0.25, 0.3) is 0 Å². The van der Waals surface area contributed by atoms with Gasteiger partial charge in [0, 0.05) is 19.6 Å². The van der Waals surface area contributed by atoms with E-state index in [1.807, 2.05) is 19.9 Å². The minimum absolute atomic E-state index is 0.0185. The fraction of sp³-hybridized carbons (Fsp3) is 0.615. The van der Waals surface area contributed by atoms with E-state index in [9.17, 15) is 9.90 Å². The van der Waals surface area contributed by atoms with Gasteiger partial charge in [0.15, 0.2) is 0 Å². The minimum Gasteiger partial charge on any atom is -0.477 e. The average Bonchev–Trinajstić information content (AvgIpc) is 2.75. The van der Waals surface area contributed by atoms with Gasteiger partial charge in [0.05, 0.1) is 18.3 Å². The lowest BCUT2D eigenvalue weighted by atomic mass is 10.0. The summed E-state index contributed by atoms with van der Waals surface area (Å²) in [5.74, 6) is -0.878. The summed E-state index contributed by atoms with van der Waals surface area (Å²) in [6, 6.07) is 1.85. The zero-order valence-corrected chi connectivity index (χ0v) is 11.9. The van der Waals surface area contributed by atoms with Crippen LogP contribution in [0.4, 0.5) is 0 Å². The number of nitrogens with zero attached hydrogens (tertiary/aromatic N) is 1. The van der Waals surface area contributed by atoms with Gasteiger partial charge in [-0.1, -0.05) is 0 Å². The number of thiophene rings is 1. The Balaban J connectivity index is 2.09. The molecule has 5 nitrogen and oxygen atoms in total. The maximum absolute atomic E-state index is 11.1. The summed E-state index contributed by atoms with van der Waals surface area (Å²) in [7, 11) is 0. The van der Waals surface area contributed by atoms with Crippen molar-refractivity contribution in [1.82, 2.24) is 4.90 Å². The molecule has 1 atom stereocenters. The number of hydrogen-bond donors (Lipinski definition) is 2. The highest BCUT2D eigenvalue weighted by atomic mass is 32.1. The number of aromatic carboxylic acids is 1. The second kappa shape index (κ2) is 5.58. The quantitative estimate of drug-likeness (QED) is 0.875. The van der Waals surface area contributed by atoms with Crippen molar-refractivity contribution in [3.05, 3.63) is 21.9 Å². The third kappa shape index (κ3) is 3.54. The fourth-order valence-electron chi connectivity index (χ4n) is 2.52. The Kier molecular flexibility index (Phi) is 4.25. The number of hydrogen-bond acceptors (Lipinski definition) is 5. The molecular formula is C13H19NO4S. The van der Waals surface area contributed by atoms with Crippen LogP contribution in [0.15, 0.2) is 11.4 Å². The van der Waals surface area contributed by atoms with E-state index < -0.39 is 5.97 Å². The normalized spacial score (nSPS) is 23.4. The molecule has 1 fully saturated rings. The molecule has 106 valence electrons. The van der Waals surface area contributed by atoms with E-state index in [0.29, 0.717) is 18.0 Å². The Morgan fingerprint density at radius 1 is 1.63 bits per heavy atom. The molecule has 19 heavy (non-hydrogen) atoms. The van der Waals surface area contributed by atoms with Gasteiger partial charge in [0.1, 0.15) is 4.88 Å². The van der Waals surface area contributed by atoms with Crippen molar-refractivity contribution in [2.24, 2.45) is 0 Å². The van der Waals surface area contributed by atoms with Gasteiger partial charge in [-0.15, -0.1) is 11.3 Å². The second-order valence-corrected chi connectivity index (χ2v) is 6.35. The van der Waals surface area contributed by atoms with Crippen LogP contribution in [0.25, 0.3) is 0 Å². The van der Waals surface area contributed by atoms with Crippen molar-refractivity contribution < 1.29 is 19.7 Å². The Labute approximate surface area is 116 Å².